The number of hydrogen-bond acceptors (Lipinski definition) is 5. The van der Waals surface area contributed by atoms with Gasteiger partial charge in [-0.05, 0) is 0 Å². The van der Waals surface area contributed by atoms with Gasteiger partial charge in [0.2, 0.25) is 0 Å². The summed E-state index contributed by atoms with van der Waals surface area (Å²) in [5.41, 5.74) is 5.40. The van der Waals surface area contributed by atoms with Crippen LogP contribution in [0.4, 0.5) is 0 Å². The largest absolute Gasteiger partial charge is 0.479 e. The topological polar surface area (TPSA) is 83.5 Å². The highest BCUT2D eigenvalue weighted by Crippen LogP contribution is 2.20. The third kappa shape index (κ3) is 3.33. The molecule has 0 aromatic rings. The normalized spacial score (nSPS) is 15.9. The lowest BCUT2D eigenvalue weighted by Gasteiger charge is -2.20. The average Bonchev–Trinajstić information content (AvgIpc) is 2.00. The summed E-state index contributed by atoms with van der Waals surface area (Å²) in [4.78, 5) is 9.11. The van der Waals surface area contributed by atoms with Gasteiger partial charge in [0.05, 0.1) is 6.61 Å². The van der Waals surface area contributed by atoms with Crippen LogP contribution >= 0.6 is 24.4 Å². The van der Waals surface area contributed by atoms with Crippen molar-refractivity contribution in [3.63, 3.8) is 0 Å². The minimum atomic E-state index is -1.37. The standard InChI is InChI=1S/C5H11NO3S2/c6-5(3-10,4(8)9)11-2-1-7/h7,10H,1-3,6H2,(H,8,9)/t5-/m0/s1. The number of aliphatic hydroxyl groups excluding tert-OH is 1. The van der Waals surface area contributed by atoms with Gasteiger partial charge in [0.15, 0.2) is 4.87 Å². The van der Waals surface area contributed by atoms with Gasteiger partial charge in [-0.3, -0.25) is 0 Å². The van der Waals surface area contributed by atoms with E-state index in [1.807, 2.05) is 0 Å². The molecule has 1 atom stereocenters. The van der Waals surface area contributed by atoms with Gasteiger partial charge in [-0.2, -0.15) is 12.6 Å². The molecule has 0 rings (SSSR count). The van der Waals surface area contributed by atoms with E-state index in [2.05, 4.69) is 12.6 Å². The lowest BCUT2D eigenvalue weighted by molar-refractivity contribution is -0.139. The lowest BCUT2D eigenvalue weighted by atomic mass is 10.4. The van der Waals surface area contributed by atoms with E-state index >= 15 is 0 Å². The minimum Gasteiger partial charge on any atom is -0.479 e. The second-order valence-corrected chi connectivity index (χ2v) is 3.67. The highest BCUT2D eigenvalue weighted by atomic mass is 32.2. The Morgan fingerprint density at radius 1 is 1.73 bits per heavy atom. The number of carboxylic acid groups (broad SMARTS) is 1. The predicted molar refractivity (Wildman–Crippen MR) is 48.0 cm³/mol. The number of aliphatic hydroxyl groups is 1. The van der Waals surface area contributed by atoms with Crippen LogP contribution in [0, 0.1) is 0 Å². The molecule has 0 unspecified atom stereocenters. The third-order valence-corrected chi connectivity index (χ3v) is 2.98. The Hall–Kier alpha value is 0.0900. The molecule has 0 aliphatic heterocycles. The van der Waals surface area contributed by atoms with Crippen LogP contribution in [0.25, 0.3) is 0 Å². The Bertz CT molecular complexity index is 144. The molecule has 6 heteroatoms. The van der Waals surface area contributed by atoms with Gasteiger partial charge in [-0.25, -0.2) is 4.79 Å². The van der Waals surface area contributed by atoms with Crippen molar-refractivity contribution in [3.8, 4) is 0 Å². The summed E-state index contributed by atoms with van der Waals surface area (Å²) in [6, 6.07) is 0. The van der Waals surface area contributed by atoms with Gasteiger partial charge < -0.3 is 15.9 Å². The first-order chi connectivity index (χ1) is 5.06. The molecular formula is C5H11NO3S2. The second-order valence-electron chi connectivity index (χ2n) is 1.92. The maximum absolute atomic E-state index is 10.5. The van der Waals surface area contributed by atoms with E-state index in [0.717, 1.165) is 11.8 Å². The van der Waals surface area contributed by atoms with Crippen LogP contribution in [0.2, 0.25) is 0 Å². The summed E-state index contributed by atoms with van der Waals surface area (Å²) in [6.45, 7) is -0.0787. The average molecular weight is 197 g/mol. The van der Waals surface area contributed by atoms with E-state index < -0.39 is 10.8 Å². The van der Waals surface area contributed by atoms with E-state index in [-0.39, 0.29) is 12.4 Å². The van der Waals surface area contributed by atoms with Crippen LogP contribution in [0.1, 0.15) is 0 Å². The molecule has 0 saturated heterocycles. The van der Waals surface area contributed by atoms with Gasteiger partial charge in [0.1, 0.15) is 0 Å². The van der Waals surface area contributed by atoms with Crippen LogP contribution in [0.15, 0.2) is 0 Å². The Labute approximate surface area is 74.6 Å². The second kappa shape index (κ2) is 4.87. The quantitative estimate of drug-likeness (QED) is 0.349. The Morgan fingerprint density at radius 2 is 2.27 bits per heavy atom. The monoisotopic (exact) mass is 197 g/mol. The summed E-state index contributed by atoms with van der Waals surface area (Å²) in [6.07, 6.45) is 0. The molecule has 66 valence electrons. The third-order valence-electron chi connectivity index (χ3n) is 1.05. The van der Waals surface area contributed by atoms with Gasteiger partial charge >= 0.3 is 5.97 Å². The van der Waals surface area contributed by atoms with E-state index in [1.54, 1.807) is 0 Å². The molecule has 4 N–H and O–H groups in total. The van der Waals surface area contributed by atoms with Crippen molar-refractivity contribution in [2.24, 2.45) is 5.73 Å². The molecule has 0 amide bonds. The molecule has 0 aromatic carbocycles. The summed E-state index contributed by atoms with van der Waals surface area (Å²) in [5, 5.41) is 17.0. The van der Waals surface area contributed by atoms with Crippen LogP contribution in [0.3, 0.4) is 0 Å². The SMILES string of the molecule is N[C@@](CS)(SCCO)C(=O)O. The first kappa shape index (κ1) is 11.1. The molecule has 0 aliphatic rings. The molecule has 0 radical (unpaired) electrons. The summed E-state index contributed by atoms with van der Waals surface area (Å²) < 4.78 is 0. The van der Waals surface area contributed by atoms with Gasteiger partial charge in [-0.15, -0.1) is 11.8 Å². The van der Waals surface area contributed by atoms with Crippen LogP contribution in [-0.2, 0) is 4.79 Å². The van der Waals surface area contributed by atoms with Crippen molar-refractivity contribution in [1.29, 1.82) is 0 Å². The van der Waals surface area contributed by atoms with Gasteiger partial charge in [0.25, 0.3) is 0 Å². The number of carbonyl (C=O) groups is 1. The number of rotatable bonds is 5. The van der Waals surface area contributed by atoms with Crippen LogP contribution < -0.4 is 5.73 Å². The zero-order valence-corrected chi connectivity index (χ0v) is 7.57. The van der Waals surface area contributed by atoms with Crippen LogP contribution in [0.5, 0.6) is 0 Å². The Kier molecular flexibility index (Phi) is 4.91. The molecule has 11 heavy (non-hydrogen) atoms. The Balaban J connectivity index is 3.99. The van der Waals surface area contributed by atoms with Crippen molar-refractivity contribution in [1.82, 2.24) is 0 Å². The van der Waals surface area contributed by atoms with E-state index in [4.69, 9.17) is 15.9 Å². The number of aliphatic carboxylic acids is 1. The molecule has 0 heterocycles. The van der Waals surface area contributed by atoms with Crippen molar-refractivity contribution in [2.75, 3.05) is 18.1 Å². The molecule has 0 aromatic heterocycles. The Morgan fingerprint density at radius 3 is 2.55 bits per heavy atom. The molecule has 4 nitrogen and oxygen atoms in total. The van der Waals surface area contributed by atoms with Crippen LogP contribution in [-0.4, -0.2) is 39.2 Å². The molecular weight excluding hydrogens is 186 g/mol. The molecule has 0 bridgehead atoms. The number of carboxylic acids is 1. The smallest absolute Gasteiger partial charge is 0.335 e. The van der Waals surface area contributed by atoms with Crippen molar-refractivity contribution in [3.05, 3.63) is 0 Å². The predicted octanol–water partition coefficient (Wildman–Crippen LogP) is -0.619. The first-order valence-electron chi connectivity index (χ1n) is 2.95. The van der Waals surface area contributed by atoms with Crippen molar-refractivity contribution >= 4 is 30.4 Å². The number of nitrogens with two attached hydrogens (primary N) is 1. The minimum absolute atomic E-state index is 0.0486. The number of thiol groups is 1. The number of hydrogen-bond donors (Lipinski definition) is 4. The maximum atomic E-state index is 10.5. The molecule has 0 aliphatic carbocycles. The fourth-order valence-corrected chi connectivity index (χ4v) is 1.48. The summed E-state index contributed by atoms with van der Waals surface area (Å²) in [5.74, 6) is -0.748. The molecule has 0 saturated carbocycles. The van der Waals surface area contributed by atoms with E-state index in [0.29, 0.717) is 5.75 Å². The highest BCUT2D eigenvalue weighted by molar-refractivity contribution is 8.02. The van der Waals surface area contributed by atoms with Crippen molar-refractivity contribution < 1.29 is 15.0 Å². The first-order valence-corrected chi connectivity index (χ1v) is 4.56. The molecule has 0 spiro atoms. The maximum Gasteiger partial charge on any atom is 0.335 e. The van der Waals surface area contributed by atoms with Crippen molar-refractivity contribution in [2.45, 2.75) is 4.87 Å². The zero-order valence-electron chi connectivity index (χ0n) is 5.86. The van der Waals surface area contributed by atoms with E-state index in [1.165, 1.54) is 0 Å². The highest BCUT2D eigenvalue weighted by Gasteiger charge is 2.32. The fraction of sp³-hybridized carbons (Fsp3) is 0.800. The van der Waals surface area contributed by atoms with E-state index in [9.17, 15) is 4.79 Å². The molecule has 0 fully saturated rings. The zero-order chi connectivity index (χ0) is 8.91. The lowest BCUT2D eigenvalue weighted by Crippen LogP contribution is -2.47. The summed E-state index contributed by atoms with van der Waals surface area (Å²) >= 11 is 4.79. The summed E-state index contributed by atoms with van der Waals surface area (Å²) in [7, 11) is 0. The number of thioether (sulfide) groups is 1. The van der Waals surface area contributed by atoms with Gasteiger partial charge in [-0.1, -0.05) is 0 Å². The fourth-order valence-electron chi connectivity index (χ4n) is 0.403. The van der Waals surface area contributed by atoms with Gasteiger partial charge in [0, 0.05) is 11.5 Å².